The molecule has 1 aromatic heterocycles. The summed E-state index contributed by atoms with van der Waals surface area (Å²) in [5, 5.41) is 0.190. The van der Waals surface area contributed by atoms with Crippen LogP contribution in [0.1, 0.15) is 5.56 Å². The summed E-state index contributed by atoms with van der Waals surface area (Å²) in [7, 11) is -1.17. The summed E-state index contributed by atoms with van der Waals surface area (Å²) in [5.74, 6) is 0. The maximum Gasteiger partial charge on any atom is 0.416 e. The summed E-state index contributed by atoms with van der Waals surface area (Å²) < 4.78 is 45.6. The Kier molecular flexibility index (Phi) is 5.77. The standard InChI is InChI=1S/C16H20ClF3N2OSi/c1-24(2,3)8-7-23-11-22-10-14(21-15(22)17)12-5-4-6-13(9-12)16(18,19)20/h4-6,9-10H,7-8,11H2,1-3H3. The van der Waals surface area contributed by atoms with Gasteiger partial charge in [-0.25, -0.2) is 4.98 Å². The highest BCUT2D eigenvalue weighted by Gasteiger charge is 2.30. The third-order valence-corrected chi connectivity index (χ3v) is 5.45. The van der Waals surface area contributed by atoms with Crippen molar-refractivity contribution in [2.24, 2.45) is 0 Å². The molecule has 0 aliphatic heterocycles. The fourth-order valence-electron chi connectivity index (χ4n) is 2.02. The molecule has 0 unspecified atom stereocenters. The molecule has 0 saturated carbocycles. The van der Waals surface area contributed by atoms with Crippen LogP contribution >= 0.6 is 11.6 Å². The molecule has 0 N–H and O–H groups in total. The van der Waals surface area contributed by atoms with E-state index in [0.717, 1.165) is 18.2 Å². The van der Waals surface area contributed by atoms with Crippen molar-refractivity contribution in [2.45, 2.75) is 38.6 Å². The van der Waals surface area contributed by atoms with Gasteiger partial charge in [0, 0.05) is 26.4 Å². The van der Waals surface area contributed by atoms with Crippen molar-refractivity contribution < 1.29 is 17.9 Å². The van der Waals surface area contributed by atoms with Gasteiger partial charge in [0.2, 0.25) is 5.28 Å². The Morgan fingerprint density at radius 2 is 1.96 bits per heavy atom. The van der Waals surface area contributed by atoms with Gasteiger partial charge in [0.15, 0.2) is 0 Å². The Morgan fingerprint density at radius 3 is 2.58 bits per heavy atom. The molecule has 3 nitrogen and oxygen atoms in total. The average molecular weight is 377 g/mol. The van der Waals surface area contributed by atoms with Crippen molar-refractivity contribution in [2.75, 3.05) is 6.61 Å². The maximum absolute atomic E-state index is 12.8. The molecule has 0 amide bonds. The Bertz CT molecular complexity index is 695. The van der Waals surface area contributed by atoms with Gasteiger partial charge >= 0.3 is 6.18 Å². The minimum Gasteiger partial charge on any atom is -0.361 e. The van der Waals surface area contributed by atoms with Crippen LogP contribution < -0.4 is 0 Å². The molecule has 24 heavy (non-hydrogen) atoms. The van der Waals surface area contributed by atoms with Crippen LogP contribution in [-0.2, 0) is 17.6 Å². The molecule has 0 atom stereocenters. The third-order valence-electron chi connectivity index (χ3n) is 3.44. The summed E-state index contributed by atoms with van der Waals surface area (Å²) in [6.45, 7) is 7.63. The molecule has 8 heteroatoms. The van der Waals surface area contributed by atoms with Gasteiger partial charge in [-0.3, -0.25) is 4.57 Å². The van der Waals surface area contributed by atoms with E-state index >= 15 is 0 Å². The van der Waals surface area contributed by atoms with Crippen LogP contribution in [0.5, 0.6) is 0 Å². The predicted molar refractivity (Wildman–Crippen MR) is 91.8 cm³/mol. The number of hydrogen-bond donors (Lipinski definition) is 0. The lowest BCUT2D eigenvalue weighted by Gasteiger charge is -2.15. The molecule has 0 saturated heterocycles. The molecule has 132 valence electrons. The lowest BCUT2D eigenvalue weighted by molar-refractivity contribution is -0.137. The zero-order chi connectivity index (χ0) is 18.0. The highest BCUT2D eigenvalue weighted by molar-refractivity contribution is 6.76. The van der Waals surface area contributed by atoms with E-state index in [1.54, 1.807) is 16.8 Å². The van der Waals surface area contributed by atoms with Crippen LogP contribution in [0.2, 0.25) is 31.0 Å². The molecule has 0 aliphatic carbocycles. The van der Waals surface area contributed by atoms with Crippen molar-refractivity contribution in [3.8, 4) is 11.3 Å². The van der Waals surface area contributed by atoms with Crippen LogP contribution in [-0.4, -0.2) is 24.2 Å². The number of halogens is 4. The lowest BCUT2D eigenvalue weighted by atomic mass is 10.1. The molecular formula is C16H20ClF3N2OSi. The molecule has 0 aliphatic rings. The monoisotopic (exact) mass is 376 g/mol. The van der Waals surface area contributed by atoms with Gasteiger partial charge in [-0.1, -0.05) is 31.8 Å². The SMILES string of the molecule is C[Si](C)(C)CCOCn1cc(-c2cccc(C(F)(F)F)c2)nc1Cl. The van der Waals surface area contributed by atoms with Gasteiger partial charge < -0.3 is 4.74 Å². The zero-order valence-corrected chi connectivity index (χ0v) is 15.6. The Hall–Kier alpha value is -1.31. The largest absolute Gasteiger partial charge is 0.416 e. The van der Waals surface area contributed by atoms with E-state index in [1.165, 1.54) is 6.07 Å². The average Bonchev–Trinajstić information content (AvgIpc) is 2.83. The van der Waals surface area contributed by atoms with Gasteiger partial charge in [0.25, 0.3) is 0 Å². The van der Waals surface area contributed by atoms with Crippen molar-refractivity contribution >= 4 is 19.7 Å². The molecule has 2 aromatic rings. The predicted octanol–water partition coefficient (Wildman–Crippen LogP) is 5.53. The summed E-state index contributed by atoms with van der Waals surface area (Å²) in [6, 6.07) is 6.05. The summed E-state index contributed by atoms with van der Waals surface area (Å²) >= 11 is 6.05. The topological polar surface area (TPSA) is 27.1 Å². The van der Waals surface area contributed by atoms with E-state index in [1.807, 2.05) is 0 Å². The van der Waals surface area contributed by atoms with E-state index in [-0.39, 0.29) is 12.0 Å². The minimum atomic E-state index is -4.39. The first-order chi connectivity index (χ1) is 11.1. The summed E-state index contributed by atoms with van der Waals surface area (Å²) in [6.07, 6.45) is -2.78. The maximum atomic E-state index is 12.8. The van der Waals surface area contributed by atoms with Gasteiger partial charge in [0.1, 0.15) is 6.73 Å². The van der Waals surface area contributed by atoms with Crippen LogP contribution in [0, 0.1) is 0 Å². The van der Waals surface area contributed by atoms with Gasteiger partial charge in [-0.2, -0.15) is 13.2 Å². The summed E-state index contributed by atoms with van der Waals surface area (Å²) in [5.41, 5.74) is 0.0459. The molecule has 1 aromatic carbocycles. The minimum absolute atomic E-state index is 0.190. The van der Waals surface area contributed by atoms with Crippen molar-refractivity contribution in [3.05, 3.63) is 41.3 Å². The first kappa shape index (κ1) is 19.0. The number of benzene rings is 1. The van der Waals surface area contributed by atoms with Gasteiger partial charge in [-0.15, -0.1) is 0 Å². The Balaban J connectivity index is 2.09. The van der Waals surface area contributed by atoms with E-state index in [4.69, 9.17) is 16.3 Å². The number of aromatic nitrogens is 2. The Morgan fingerprint density at radius 1 is 1.25 bits per heavy atom. The van der Waals surface area contributed by atoms with E-state index < -0.39 is 19.8 Å². The van der Waals surface area contributed by atoms with E-state index in [2.05, 4.69) is 24.6 Å². The highest BCUT2D eigenvalue weighted by Crippen LogP contribution is 2.32. The summed E-state index contributed by atoms with van der Waals surface area (Å²) in [4.78, 5) is 4.12. The van der Waals surface area contributed by atoms with Crippen molar-refractivity contribution in [1.82, 2.24) is 9.55 Å². The molecule has 2 rings (SSSR count). The second kappa shape index (κ2) is 7.29. The fourth-order valence-corrected chi connectivity index (χ4v) is 2.96. The number of ether oxygens (including phenoxy) is 1. The molecular weight excluding hydrogens is 357 g/mol. The number of imidazole rings is 1. The van der Waals surface area contributed by atoms with Crippen LogP contribution in [0.3, 0.4) is 0 Å². The van der Waals surface area contributed by atoms with E-state index in [9.17, 15) is 13.2 Å². The normalized spacial score (nSPS) is 12.6. The fraction of sp³-hybridized carbons (Fsp3) is 0.438. The van der Waals surface area contributed by atoms with E-state index in [0.29, 0.717) is 17.9 Å². The zero-order valence-electron chi connectivity index (χ0n) is 13.8. The molecule has 0 radical (unpaired) electrons. The van der Waals surface area contributed by atoms with Crippen molar-refractivity contribution in [3.63, 3.8) is 0 Å². The third kappa shape index (κ3) is 5.36. The first-order valence-corrected chi connectivity index (χ1v) is 11.6. The Labute approximate surface area is 145 Å². The van der Waals surface area contributed by atoms with Gasteiger partial charge in [0.05, 0.1) is 11.3 Å². The molecule has 0 spiro atoms. The van der Waals surface area contributed by atoms with Gasteiger partial charge in [-0.05, 0) is 29.8 Å². The number of nitrogens with zero attached hydrogens (tertiary/aromatic N) is 2. The smallest absolute Gasteiger partial charge is 0.361 e. The van der Waals surface area contributed by atoms with Crippen LogP contribution in [0.15, 0.2) is 30.5 Å². The van der Waals surface area contributed by atoms with Crippen LogP contribution in [0.25, 0.3) is 11.3 Å². The highest BCUT2D eigenvalue weighted by atomic mass is 35.5. The number of hydrogen-bond acceptors (Lipinski definition) is 2. The molecule has 0 bridgehead atoms. The first-order valence-electron chi connectivity index (χ1n) is 7.54. The van der Waals surface area contributed by atoms with Crippen molar-refractivity contribution in [1.29, 1.82) is 0 Å². The lowest BCUT2D eigenvalue weighted by Crippen LogP contribution is -2.22. The second-order valence-electron chi connectivity index (χ2n) is 6.79. The molecule has 0 fully saturated rings. The van der Waals surface area contributed by atoms with Crippen LogP contribution in [0.4, 0.5) is 13.2 Å². The quantitative estimate of drug-likeness (QED) is 0.489. The number of rotatable bonds is 6. The number of alkyl halides is 3. The molecule has 1 heterocycles. The second-order valence-corrected chi connectivity index (χ2v) is 12.8.